The van der Waals surface area contributed by atoms with Crippen LogP contribution in [0.25, 0.3) is 0 Å². The first-order chi connectivity index (χ1) is 14.8. The molecule has 3 rings (SSSR count). The maximum atomic E-state index is 12.7. The standard InChI is InChI=1S/C23H33ClN4O2S/c1-15(2)14-28-21(16(3)30-20-13-9-8-12-19(20)24)26-27-23(28)31-17(4)22(29)25-18-10-6-5-7-11-18/h8-9,12-13,15-18H,5-7,10-11,14H2,1-4H3,(H,25,29). The summed E-state index contributed by atoms with van der Waals surface area (Å²) in [6, 6.07) is 7.71. The van der Waals surface area contributed by atoms with Crippen LogP contribution in [0.3, 0.4) is 0 Å². The predicted octanol–water partition coefficient (Wildman–Crippen LogP) is 5.66. The summed E-state index contributed by atoms with van der Waals surface area (Å²) < 4.78 is 8.15. The van der Waals surface area contributed by atoms with Crippen molar-refractivity contribution in [2.24, 2.45) is 5.92 Å². The highest BCUT2D eigenvalue weighted by Crippen LogP contribution is 2.31. The monoisotopic (exact) mass is 464 g/mol. The van der Waals surface area contributed by atoms with Gasteiger partial charge in [-0.25, -0.2) is 0 Å². The third-order valence-corrected chi connectivity index (χ3v) is 6.79. The molecule has 2 aromatic rings. The van der Waals surface area contributed by atoms with Crippen LogP contribution in [-0.2, 0) is 11.3 Å². The fraction of sp³-hybridized carbons (Fsp3) is 0.609. The zero-order valence-corrected chi connectivity index (χ0v) is 20.4. The number of nitrogens with one attached hydrogen (secondary N) is 1. The maximum absolute atomic E-state index is 12.7. The number of thioether (sulfide) groups is 1. The van der Waals surface area contributed by atoms with E-state index < -0.39 is 0 Å². The molecule has 0 spiro atoms. The summed E-state index contributed by atoms with van der Waals surface area (Å²) in [6.07, 6.45) is 5.49. The van der Waals surface area contributed by atoms with Crippen molar-refractivity contribution in [3.05, 3.63) is 35.1 Å². The third-order valence-electron chi connectivity index (χ3n) is 5.40. The van der Waals surface area contributed by atoms with Crippen molar-refractivity contribution in [3.63, 3.8) is 0 Å². The van der Waals surface area contributed by atoms with Gasteiger partial charge in [-0.15, -0.1) is 10.2 Å². The molecule has 0 aliphatic heterocycles. The summed E-state index contributed by atoms with van der Waals surface area (Å²) in [7, 11) is 0. The largest absolute Gasteiger partial charge is 0.481 e. The quantitative estimate of drug-likeness (QED) is 0.485. The Hall–Kier alpha value is -1.73. The third kappa shape index (κ3) is 6.62. The fourth-order valence-electron chi connectivity index (χ4n) is 3.79. The second kappa shape index (κ2) is 11.2. The minimum atomic E-state index is -0.327. The molecule has 1 aromatic carbocycles. The number of ether oxygens (including phenoxy) is 1. The molecule has 2 unspecified atom stereocenters. The van der Waals surface area contributed by atoms with Crippen molar-refractivity contribution in [3.8, 4) is 5.75 Å². The van der Waals surface area contributed by atoms with Crippen LogP contribution in [0.15, 0.2) is 29.4 Å². The number of carbonyl (C=O) groups excluding carboxylic acids is 1. The van der Waals surface area contributed by atoms with Crippen LogP contribution in [0.1, 0.15) is 71.7 Å². The lowest BCUT2D eigenvalue weighted by atomic mass is 9.95. The Morgan fingerprint density at radius 1 is 1.19 bits per heavy atom. The van der Waals surface area contributed by atoms with Gasteiger partial charge in [0.25, 0.3) is 0 Å². The summed E-state index contributed by atoms with van der Waals surface area (Å²) in [5.74, 6) is 1.81. The van der Waals surface area contributed by atoms with Crippen molar-refractivity contribution in [1.82, 2.24) is 20.1 Å². The highest BCUT2D eigenvalue weighted by molar-refractivity contribution is 8.00. The predicted molar refractivity (Wildman–Crippen MR) is 126 cm³/mol. The topological polar surface area (TPSA) is 69.0 Å². The molecule has 1 saturated carbocycles. The van der Waals surface area contributed by atoms with Crippen LogP contribution in [0.4, 0.5) is 0 Å². The van der Waals surface area contributed by atoms with Gasteiger partial charge in [0, 0.05) is 12.6 Å². The molecule has 1 N–H and O–H groups in total. The van der Waals surface area contributed by atoms with Gasteiger partial charge in [0.1, 0.15) is 5.75 Å². The van der Waals surface area contributed by atoms with E-state index in [1.807, 2.05) is 32.0 Å². The van der Waals surface area contributed by atoms with E-state index in [0.29, 0.717) is 22.7 Å². The van der Waals surface area contributed by atoms with Gasteiger partial charge < -0.3 is 14.6 Å². The highest BCUT2D eigenvalue weighted by Gasteiger charge is 2.25. The molecule has 0 bridgehead atoms. The molecule has 1 heterocycles. The molecule has 1 aliphatic carbocycles. The first-order valence-corrected chi connectivity index (χ1v) is 12.4. The SMILES string of the molecule is CC(C)Cn1c(SC(C)C(=O)NC2CCCCC2)nnc1C(C)Oc1ccccc1Cl. The molecule has 1 aromatic heterocycles. The lowest BCUT2D eigenvalue weighted by molar-refractivity contribution is -0.121. The summed E-state index contributed by atoms with van der Waals surface area (Å²) in [6.45, 7) is 8.92. The molecule has 0 saturated heterocycles. The van der Waals surface area contributed by atoms with Crippen LogP contribution in [0.5, 0.6) is 5.75 Å². The minimum Gasteiger partial charge on any atom is -0.481 e. The van der Waals surface area contributed by atoms with Crippen molar-refractivity contribution in [1.29, 1.82) is 0 Å². The number of hydrogen-bond acceptors (Lipinski definition) is 5. The Balaban J connectivity index is 1.72. The number of halogens is 1. The van der Waals surface area contributed by atoms with E-state index in [1.165, 1.54) is 31.0 Å². The second-order valence-electron chi connectivity index (χ2n) is 8.64. The molecule has 8 heteroatoms. The first-order valence-electron chi connectivity index (χ1n) is 11.2. The maximum Gasteiger partial charge on any atom is 0.233 e. The van der Waals surface area contributed by atoms with Crippen molar-refractivity contribution in [2.45, 2.75) is 88.9 Å². The van der Waals surface area contributed by atoms with Crippen LogP contribution < -0.4 is 10.1 Å². The number of carbonyl (C=O) groups is 1. The Morgan fingerprint density at radius 2 is 1.90 bits per heavy atom. The fourth-order valence-corrected chi connectivity index (χ4v) is 4.84. The average molecular weight is 465 g/mol. The van der Waals surface area contributed by atoms with E-state index in [1.54, 1.807) is 6.07 Å². The van der Waals surface area contributed by atoms with Crippen LogP contribution >= 0.6 is 23.4 Å². The molecule has 2 atom stereocenters. The number of hydrogen-bond donors (Lipinski definition) is 1. The van der Waals surface area contributed by atoms with Gasteiger partial charge in [0.15, 0.2) is 17.1 Å². The number of benzene rings is 1. The molecule has 1 aliphatic rings. The molecular weight excluding hydrogens is 432 g/mol. The van der Waals surface area contributed by atoms with Gasteiger partial charge in [-0.2, -0.15) is 0 Å². The van der Waals surface area contributed by atoms with Gasteiger partial charge in [0.2, 0.25) is 5.91 Å². The van der Waals surface area contributed by atoms with E-state index in [-0.39, 0.29) is 17.3 Å². The molecule has 0 radical (unpaired) electrons. The molecule has 31 heavy (non-hydrogen) atoms. The van der Waals surface area contributed by atoms with Crippen molar-refractivity contribution < 1.29 is 9.53 Å². The number of para-hydroxylation sites is 1. The molecule has 1 amide bonds. The number of nitrogens with zero attached hydrogens (tertiary/aromatic N) is 3. The minimum absolute atomic E-state index is 0.0675. The number of amides is 1. The zero-order chi connectivity index (χ0) is 22.4. The van der Waals surface area contributed by atoms with Gasteiger partial charge >= 0.3 is 0 Å². The van der Waals surface area contributed by atoms with Gasteiger partial charge in [-0.05, 0) is 44.7 Å². The van der Waals surface area contributed by atoms with Gasteiger partial charge in [-0.1, -0.05) is 68.6 Å². The van der Waals surface area contributed by atoms with E-state index in [0.717, 1.165) is 30.4 Å². The lowest BCUT2D eigenvalue weighted by Gasteiger charge is -2.24. The van der Waals surface area contributed by atoms with Crippen LogP contribution in [0, 0.1) is 5.92 Å². The van der Waals surface area contributed by atoms with Crippen LogP contribution in [-0.4, -0.2) is 32.0 Å². The van der Waals surface area contributed by atoms with E-state index >= 15 is 0 Å². The summed E-state index contributed by atoms with van der Waals surface area (Å²) >= 11 is 7.70. The number of aromatic nitrogens is 3. The molecule has 6 nitrogen and oxygen atoms in total. The van der Waals surface area contributed by atoms with E-state index in [9.17, 15) is 4.79 Å². The average Bonchev–Trinajstić information content (AvgIpc) is 3.12. The van der Waals surface area contributed by atoms with Crippen LogP contribution in [0.2, 0.25) is 5.02 Å². The number of rotatable bonds is 9. The summed E-state index contributed by atoms with van der Waals surface area (Å²) in [4.78, 5) is 12.7. The Morgan fingerprint density at radius 3 is 2.58 bits per heavy atom. The first kappa shape index (κ1) is 23.9. The van der Waals surface area contributed by atoms with Crippen molar-refractivity contribution in [2.75, 3.05) is 0 Å². The Labute approximate surface area is 194 Å². The Bertz CT molecular complexity index is 867. The normalized spacial score (nSPS) is 16.8. The molecular formula is C23H33ClN4O2S. The summed E-state index contributed by atoms with van der Waals surface area (Å²) in [5.41, 5.74) is 0. The van der Waals surface area contributed by atoms with Crippen molar-refractivity contribution >= 4 is 29.3 Å². The second-order valence-corrected chi connectivity index (χ2v) is 10.4. The Kier molecular flexibility index (Phi) is 8.67. The smallest absolute Gasteiger partial charge is 0.233 e. The molecule has 170 valence electrons. The van der Waals surface area contributed by atoms with E-state index in [2.05, 4.69) is 33.9 Å². The highest BCUT2D eigenvalue weighted by atomic mass is 35.5. The van der Waals surface area contributed by atoms with Gasteiger partial charge in [-0.3, -0.25) is 4.79 Å². The molecule has 1 fully saturated rings. The summed E-state index contributed by atoms with van der Waals surface area (Å²) in [5, 5.41) is 13.1. The lowest BCUT2D eigenvalue weighted by Crippen LogP contribution is -2.40. The zero-order valence-electron chi connectivity index (χ0n) is 18.8. The van der Waals surface area contributed by atoms with Gasteiger partial charge in [0.05, 0.1) is 10.3 Å². The van der Waals surface area contributed by atoms with E-state index in [4.69, 9.17) is 16.3 Å².